The van der Waals surface area contributed by atoms with Crippen LogP contribution in [0.15, 0.2) is 30.3 Å². The molecule has 0 fully saturated rings. The van der Waals surface area contributed by atoms with E-state index in [0.29, 0.717) is 17.1 Å². The quantitative estimate of drug-likeness (QED) is 0.818. The highest BCUT2D eigenvalue weighted by Crippen LogP contribution is 2.19. The van der Waals surface area contributed by atoms with Crippen molar-refractivity contribution in [2.24, 2.45) is 0 Å². The highest BCUT2D eigenvalue weighted by molar-refractivity contribution is 5.85. The van der Waals surface area contributed by atoms with Crippen LogP contribution in [0.5, 0.6) is 0 Å². The van der Waals surface area contributed by atoms with Crippen molar-refractivity contribution in [1.82, 2.24) is 9.97 Å². The van der Waals surface area contributed by atoms with Crippen LogP contribution >= 0.6 is 0 Å². The van der Waals surface area contributed by atoms with Gasteiger partial charge in [-0.25, -0.2) is 14.2 Å². The summed E-state index contributed by atoms with van der Waals surface area (Å²) in [6.45, 7) is 1.78. The maximum absolute atomic E-state index is 13.1. The number of aliphatic carboxylic acids is 1. The Morgan fingerprint density at radius 3 is 2.94 bits per heavy atom. The van der Waals surface area contributed by atoms with E-state index in [-0.39, 0.29) is 5.82 Å². The summed E-state index contributed by atoms with van der Waals surface area (Å²) in [7, 11) is 0. The third-order valence-corrected chi connectivity index (χ3v) is 2.40. The van der Waals surface area contributed by atoms with Crippen LogP contribution in [-0.2, 0) is 4.79 Å². The topological polar surface area (TPSA) is 66.0 Å². The van der Waals surface area contributed by atoms with E-state index in [4.69, 9.17) is 5.11 Å². The zero-order valence-electron chi connectivity index (χ0n) is 9.64. The first-order valence-electron chi connectivity index (χ1n) is 5.30. The number of carbonyl (C=O) groups is 1. The van der Waals surface area contributed by atoms with Crippen molar-refractivity contribution >= 4 is 12.0 Å². The van der Waals surface area contributed by atoms with Crippen LogP contribution in [0.2, 0.25) is 0 Å². The summed E-state index contributed by atoms with van der Waals surface area (Å²) < 4.78 is 13.1. The zero-order chi connectivity index (χ0) is 13.1. The summed E-state index contributed by atoms with van der Waals surface area (Å²) in [5.74, 6) is -0.870. The van der Waals surface area contributed by atoms with E-state index < -0.39 is 5.97 Å². The summed E-state index contributed by atoms with van der Waals surface area (Å²) >= 11 is 0. The van der Waals surface area contributed by atoms with Crippen molar-refractivity contribution in [3.8, 4) is 11.4 Å². The molecule has 1 aromatic carbocycles. The molecule has 18 heavy (non-hydrogen) atoms. The molecule has 0 aliphatic heterocycles. The fraction of sp³-hybridized carbons (Fsp3) is 0.0769. The Balaban J connectivity index is 2.37. The van der Waals surface area contributed by atoms with Crippen LogP contribution in [0.3, 0.4) is 0 Å². The van der Waals surface area contributed by atoms with Crippen molar-refractivity contribution in [3.63, 3.8) is 0 Å². The lowest BCUT2D eigenvalue weighted by atomic mass is 10.2. The van der Waals surface area contributed by atoms with E-state index in [1.807, 2.05) is 0 Å². The van der Waals surface area contributed by atoms with Gasteiger partial charge in [0.1, 0.15) is 11.6 Å². The van der Waals surface area contributed by atoms with E-state index in [0.717, 1.165) is 11.8 Å². The Kier molecular flexibility index (Phi) is 3.23. The Labute approximate surface area is 103 Å². The monoisotopic (exact) mass is 246 g/mol. The van der Waals surface area contributed by atoms with Gasteiger partial charge in [-0.1, -0.05) is 12.1 Å². The van der Waals surface area contributed by atoms with E-state index in [9.17, 15) is 9.18 Å². The van der Waals surface area contributed by atoms with Crippen LogP contribution in [0.1, 0.15) is 11.4 Å². The third-order valence-electron chi connectivity index (χ3n) is 2.40. The summed E-state index contributed by atoms with van der Waals surface area (Å²) in [6, 6.07) is 6.04. The SMILES string of the molecule is Cc1[nH]c(-c2cccc(F)c2)nc1/C=C/C(=O)O. The van der Waals surface area contributed by atoms with Crippen LogP contribution in [0.25, 0.3) is 17.5 Å². The summed E-state index contributed by atoms with van der Waals surface area (Å²) in [5, 5.41) is 8.55. The van der Waals surface area contributed by atoms with Gasteiger partial charge in [-0.05, 0) is 25.1 Å². The second kappa shape index (κ2) is 4.83. The number of carboxylic acid groups (broad SMARTS) is 1. The van der Waals surface area contributed by atoms with Crippen LogP contribution in [-0.4, -0.2) is 21.0 Å². The van der Waals surface area contributed by atoms with Gasteiger partial charge in [0.05, 0.1) is 5.69 Å². The van der Waals surface area contributed by atoms with Gasteiger partial charge in [-0.2, -0.15) is 0 Å². The number of benzene rings is 1. The zero-order valence-corrected chi connectivity index (χ0v) is 9.64. The molecule has 2 rings (SSSR count). The van der Waals surface area contributed by atoms with Gasteiger partial charge in [0.25, 0.3) is 0 Å². The third kappa shape index (κ3) is 2.63. The molecule has 0 radical (unpaired) electrons. The number of rotatable bonds is 3. The van der Waals surface area contributed by atoms with E-state index in [2.05, 4.69) is 9.97 Å². The molecule has 0 aliphatic carbocycles. The second-order valence-corrected chi connectivity index (χ2v) is 3.78. The Morgan fingerprint density at radius 2 is 2.28 bits per heavy atom. The predicted octanol–water partition coefficient (Wildman–Crippen LogP) is 2.62. The molecule has 4 nitrogen and oxygen atoms in total. The number of nitrogens with zero attached hydrogens (tertiary/aromatic N) is 1. The molecule has 0 unspecified atom stereocenters. The largest absolute Gasteiger partial charge is 0.478 e. The summed E-state index contributed by atoms with van der Waals surface area (Å²) in [5.41, 5.74) is 1.87. The molecule has 0 atom stereocenters. The highest BCUT2D eigenvalue weighted by Gasteiger charge is 2.07. The van der Waals surface area contributed by atoms with Gasteiger partial charge in [-0.15, -0.1) is 0 Å². The molecule has 2 aromatic rings. The first-order valence-corrected chi connectivity index (χ1v) is 5.30. The molecule has 0 spiro atoms. The van der Waals surface area contributed by atoms with Gasteiger partial charge in [0.2, 0.25) is 0 Å². The number of aromatic nitrogens is 2. The maximum Gasteiger partial charge on any atom is 0.328 e. The van der Waals surface area contributed by atoms with Crippen LogP contribution < -0.4 is 0 Å². The van der Waals surface area contributed by atoms with Gasteiger partial charge >= 0.3 is 5.97 Å². The first-order chi connectivity index (χ1) is 8.56. The number of hydrogen-bond acceptors (Lipinski definition) is 2. The molecule has 0 bridgehead atoms. The minimum atomic E-state index is -1.04. The van der Waals surface area contributed by atoms with Gasteiger partial charge in [0, 0.05) is 17.3 Å². The number of imidazole rings is 1. The Bertz CT molecular complexity index is 617. The van der Waals surface area contributed by atoms with Crippen molar-refractivity contribution in [2.75, 3.05) is 0 Å². The second-order valence-electron chi connectivity index (χ2n) is 3.78. The predicted molar refractivity (Wildman–Crippen MR) is 65.4 cm³/mol. The summed E-state index contributed by atoms with van der Waals surface area (Å²) in [6.07, 6.45) is 2.41. The average Bonchev–Trinajstić information content (AvgIpc) is 2.68. The van der Waals surface area contributed by atoms with Crippen molar-refractivity contribution in [1.29, 1.82) is 0 Å². The lowest BCUT2D eigenvalue weighted by Crippen LogP contribution is -1.86. The molecule has 0 saturated heterocycles. The molecule has 0 saturated carbocycles. The number of carboxylic acids is 1. The highest BCUT2D eigenvalue weighted by atomic mass is 19.1. The van der Waals surface area contributed by atoms with Gasteiger partial charge in [-0.3, -0.25) is 0 Å². The van der Waals surface area contributed by atoms with E-state index >= 15 is 0 Å². The number of nitrogens with one attached hydrogen (secondary N) is 1. The number of H-pyrrole nitrogens is 1. The molecule has 1 aromatic heterocycles. The number of halogens is 1. The number of aryl methyl sites for hydroxylation is 1. The maximum atomic E-state index is 13.1. The number of aromatic amines is 1. The Morgan fingerprint density at radius 1 is 1.50 bits per heavy atom. The first kappa shape index (κ1) is 12.0. The normalized spacial score (nSPS) is 11.0. The molecular weight excluding hydrogens is 235 g/mol. The molecule has 0 amide bonds. The lowest BCUT2D eigenvalue weighted by Gasteiger charge is -1.95. The minimum absolute atomic E-state index is 0.343. The number of hydrogen-bond donors (Lipinski definition) is 2. The van der Waals surface area contributed by atoms with Crippen LogP contribution in [0, 0.1) is 12.7 Å². The fourth-order valence-corrected chi connectivity index (χ4v) is 1.56. The fourth-order valence-electron chi connectivity index (χ4n) is 1.56. The summed E-state index contributed by atoms with van der Waals surface area (Å²) in [4.78, 5) is 17.6. The van der Waals surface area contributed by atoms with Crippen molar-refractivity contribution in [3.05, 3.63) is 47.5 Å². The molecule has 0 aliphatic rings. The smallest absolute Gasteiger partial charge is 0.328 e. The van der Waals surface area contributed by atoms with E-state index in [1.165, 1.54) is 18.2 Å². The molecular formula is C13H11FN2O2. The van der Waals surface area contributed by atoms with Gasteiger partial charge < -0.3 is 10.1 Å². The molecule has 5 heteroatoms. The van der Waals surface area contributed by atoms with E-state index in [1.54, 1.807) is 19.1 Å². The average molecular weight is 246 g/mol. The lowest BCUT2D eigenvalue weighted by molar-refractivity contribution is -0.131. The Hall–Kier alpha value is -2.43. The van der Waals surface area contributed by atoms with Crippen molar-refractivity contribution in [2.45, 2.75) is 6.92 Å². The molecule has 2 N–H and O–H groups in total. The van der Waals surface area contributed by atoms with Gasteiger partial charge in [0.15, 0.2) is 0 Å². The van der Waals surface area contributed by atoms with Crippen LogP contribution in [0.4, 0.5) is 4.39 Å². The molecule has 1 heterocycles. The standard InChI is InChI=1S/C13H11FN2O2/c1-8-11(5-6-12(17)18)16-13(15-8)9-3-2-4-10(14)7-9/h2-7H,1H3,(H,15,16)(H,17,18)/b6-5+. The molecule has 92 valence electrons. The minimum Gasteiger partial charge on any atom is -0.478 e. The van der Waals surface area contributed by atoms with Crippen molar-refractivity contribution < 1.29 is 14.3 Å².